The largest absolute Gasteiger partial charge is 0.504 e. The van der Waals surface area contributed by atoms with Gasteiger partial charge in [0.05, 0.1) is 19.0 Å². The van der Waals surface area contributed by atoms with Crippen molar-refractivity contribution < 1.29 is 28.6 Å². The highest BCUT2D eigenvalue weighted by Crippen LogP contribution is 2.30. The number of phenolic OH excluding ortho intramolecular Hbond substituents is 1. The lowest BCUT2D eigenvalue weighted by Gasteiger charge is -2.37. The Balaban J connectivity index is 1.18. The number of rotatable bonds is 7. The van der Waals surface area contributed by atoms with Crippen LogP contribution in [0.3, 0.4) is 0 Å². The van der Waals surface area contributed by atoms with Crippen LogP contribution < -0.4 is 20.4 Å². The Bertz CT molecular complexity index is 1480. The van der Waals surface area contributed by atoms with E-state index in [1.165, 1.54) is 19.2 Å². The molecular weight excluding hydrogens is 504 g/mol. The van der Waals surface area contributed by atoms with E-state index in [1.54, 1.807) is 4.90 Å². The highest BCUT2D eigenvalue weighted by Gasteiger charge is 2.25. The molecule has 1 aromatic heterocycles. The van der Waals surface area contributed by atoms with E-state index in [-0.39, 0.29) is 46.6 Å². The highest BCUT2D eigenvalue weighted by atomic mass is 16.5. The van der Waals surface area contributed by atoms with E-state index in [2.05, 4.69) is 10.2 Å². The van der Waals surface area contributed by atoms with Crippen molar-refractivity contribution in [2.45, 2.75) is 19.4 Å². The number of benzene rings is 2. The van der Waals surface area contributed by atoms with Crippen molar-refractivity contribution in [2.24, 2.45) is 0 Å². The van der Waals surface area contributed by atoms with Crippen LogP contribution in [0.5, 0.6) is 11.5 Å². The Morgan fingerprint density at radius 2 is 1.82 bits per heavy atom. The molecule has 2 N–H and O–H groups in total. The molecule has 2 aliphatic heterocycles. The lowest BCUT2D eigenvalue weighted by molar-refractivity contribution is -0.130. The third-order valence-electron chi connectivity index (χ3n) is 7.15. The number of anilines is 1. The number of para-hydroxylation sites is 1. The first-order valence-corrected chi connectivity index (χ1v) is 12.9. The molecule has 204 valence electrons. The molecule has 0 radical (unpaired) electrons. The van der Waals surface area contributed by atoms with Crippen molar-refractivity contribution in [3.63, 3.8) is 0 Å². The molecule has 11 heteroatoms. The zero-order valence-electron chi connectivity index (χ0n) is 21.6. The number of nitrogens with zero attached hydrogens (tertiary/aromatic N) is 3. The topological polar surface area (TPSA) is 133 Å². The van der Waals surface area contributed by atoms with Crippen LogP contribution in [0.2, 0.25) is 0 Å². The molecule has 2 aliphatic rings. The number of likely N-dealkylation sites (tertiary alicyclic amines) is 1. The average molecular weight is 535 g/mol. The van der Waals surface area contributed by atoms with E-state index in [9.17, 15) is 24.3 Å². The molecule has 2 aromatic carbocycles. The zero-order chi connectivity index (χ0) is 27.5. The van der Waals surface area contributed by atoms with Gasteiger partial charge < -0.3 is 34.3 Å². The number of hydrogen-bond acceptors (Lipinski definition) is 8. The third-order valence-corrected chi connectivity index (χ3v) is 7.15. The molecule has 0 spiro atoms. The second-order valence-corrected chi connectivity index (χ2v) is 9.59. The molecule has 0 unspecified atom stereocenters. The van der Waals surface area contributed by atoms with E-state index < -0.39 is 11.3 Å². The predicted molar refractivity (Wildman–Crippen MR) is 143 cm³/mol. The van der Waals surface area contributed by atoms with Crippen molar-refractivity contribution >= 4 is 34.4 Å². The second-order valence-electron chi connectivity index (χ2n) is 9.59. The number of phenols is 1. The van der Waals surface area contributed by atoms with Crippen LogP contribution in [0, 0.1) is 0 Å². The van der Waals surface area contributed by atoms with E-state index in [0.717, 1.165) is 30.3 Å². The minimum atomic E-state index is -0.696. The van der Waals surface area contributed by atoms with Gasteiger partial charge in [-0.1, -0.05) is 18.2 Å². The summed E-state index contributed by atoms with van der Waals surface area (Å²) in [5.74, 6) is -1.11. The summed E-state index contributed by atoms with van der Waals surface area (Å²) in [5, 5.41) is 12.5. The van der Waals surface area contributed by atoms with Crippen LogP contribution in [0.4, 0.5) is 5.69 Å². The number of carbonyl (C=O) groups excluding carboxylic acids is 3. The second kappa shape index (κ2) is 11.1. The van der Waals surface area contributed by atoms with Gasteiger partial charge >= 0.3 is 0 Å². The monoisotopic (exact) mass is 534 g/mol. The van der Waals surface area contributed by atoms with Crippen LogP contribution in [0.15, 0.2) is 51.7 Å². The van der Waals surface area contributed by atoms with Gasteiger partial charge in [-0.25, -0.2) is 0 Å². The van der Waals surface area contributed by atoms with Crippen LogP contribution >= 0.6 is 0 Å². The van der Waals surface area contributed by atoms with Gasteiger partial charge in [0.25, 0.3) is 5.91 Å². The molecule has 0 atom stereocenters. The summed E-state index contributed by atoms with van der Waals surface area (Å²) < 4.78 is 10.6. The number of carbonyl (C=O) groups is 3. The average Bonchev–Trinajstić information content (AvgIpc) is 3.35. The van der Waals surface area contributed by atoms with Crippen LogP contribution in [0.1, 0.15) is 29.0 Å². The number of fused-ring (bicyclic) bond motifs is 1. The maximum Gasteiger partial charge on any atom is 0.287 e. The summed E-state index contributed by atoms with van der Waals surface area (Å²) in [6.45, 7) is 3.34. The normalized spacial score (nSPS) is 15.6. The minimum absolute atomic E-state index is 0.0825. The molecule has 2 fully saturated rings. The van der Waals surface area contributed by atoms with Crippen molar-refractivity contribution in [2.75, 3.05) is 51.3 Å². The Labute approximate surface area is 224 Å². The fourth-order valence-electron chi connectivity index (χ4n) is 5.03. The molecular formula is C28H30N4O7. The molecule has 3 aromatic rings. The smallest absolute Gasteiger partial charge is 0.287 e. The summed E-state index contributed by atoms with van der Waals surface area (Å²) in [6, 6.07) is 11.6. The number of methoxy groups -OCH3 is 1. The standard InChI is InChI=1S/C28H30N4O7/c1-38-24-15-23-19(13-22(24)34)21(33)14-25(39-23)28(37)29-16-27(36)31-11-9-30(10-12-31)20-6-3-2-5-18(20)17-32-8-4-7-26(32)35/h2-3,5-6,13-15,34H,4,7-12,16-17H2,1H3,(H,29,37). The molecule has 3 heterocycles. The van der Waals surface area contributed by atoms with Gasteiger partial charge in [-0.2, -0.15) is 0 Å². The van der Waals surface area contributed by atoms with Gasteiger partial charge in [-0.3, -0.25) is 19.2 Å². The minimum Gasteiger partial charge on any atom is -0.504 e. The fourth-order valence-corrected chi connectivity index (χ4v) is 5.03. The number of hydrogen-bond donors (Lipinski definition) is 2. The Hall–Kier alpha value is -4.54. The van der Waals surface area contributed by atoms with Crippen molar-refractivity contribution in [1.82, 2.24) is 15.1 Å². The SMILES string of the molecule is COc1cc2oc(C(=O)NCC(=O)N3CCN(c4ccccc4CN4CCCC4=O)CC3)cc(=O)c2cc1O. The van der Waals surface area contributed by atoms with Gasteiger partial charge in [-0.05, 0) is 24.1 Å². The predicted octanol–water partition coefficient (Wildman–Crippen LogP) is 1.71. The van der Waals surface area contributed by atoms with Crippen molar-refractivity contribution in [1.29, 1.82) is 0 Å². The Morgan fingerprint density at radius 1 is 1.05 bits per heavy atom. The molecule has 0 saturated carbocycles. The summed E-state index contributed by atoms with van der Waals surface area (Å²) in [5.41, 5.74) is 1.73. The van der Waals surface area contributed by atoms with E-state index in [0.29, 0.717) is 39.1 Å². The first-order chi connectivity index (χ1) is 18.8. The van der Waals surface area contributed by atoms with E-state index >= 15 is 0 Å². The lowest BCUT2D eigenvalue weighted by atomic mass is 10.1. The number of ether oxygens (including phenoxy) is 1. The number of nitrogens with one attached hydrogen (secondary N) is 1. The maximum atomic E-state index is 12.8. The molecule has 5 rings (SSSR count). The summed E-state index contributed by atoms with van der Waals surface area (Å²) in [7, 11) is 1.36. The molecule has 0 aliphatic carbocycles. The Kier molecular flexibility index (Phi) is 7.40. The van der Waals surface area contributed by atoms with E-state index in [1.807, 2.05) is 29.2 Å². The zero-order valence-corrected chi connectivity index (χ0v) is 21.6. The first-order valence-electron chi connectivity index (χ1n) is 12.9. The Morgan fingerprint density at radius 3 is 2.54 bits per heavy atom. The van der Waals surface area contributed by atoms with Crippen molar-refractivity contribution in [3.05, 3.63) is 64.0 Å². The summed E-state index contributed by atoms with van der Waals surface area (Å²) >= 11 is 0. The van der Waals surface area contributed by atoms with Crippen molar-refractivity contribution in [3.8, 4) is 11.5 Å². The molecule has 3 amide bonds. The quantitative estimate of drug-likeness (QED) is 0.468. The third kappa shape index (κ3) is 5.52. The van der Waals surface area contributed by atoms with Gasteiger partial charge in [0.1, 0.15) is 5.58 Å². The molecule has 2 saturated heterocycles. The number of piperazine rings is 1. The molecule has 39 heavy (non-hydrogen) atoms. The van der Waals surface area contributed by atoms with Crippen LogP contribution in [-0.2, 0) is 16.1 Å². The summed E-state index contributed by atoms with van der Waals surface area (Å²) in [6.07, 6.45) is 1.50. The van der Waals surface area contributed by atoms with E-state index in [4.69, 9.17) is 9.15 Å². The van der Waals surface area contributed by atoms with Crippen LogP contribution in [-0.4, -0.2) is 79.0 Å². The highest BCUT2D eigenvalue weighted by molar-refractivity contribution is 5.95. The molecule has 11 nitrogen and oxygen atoms in total. The van der Waals surface area contributed by atoms with Gasteiger partial charge in [0.15, 0.2) is 22.7 Å². The van der Waals surface area contributed by atoms with Gasteiger partial charge in [0, 0.05) is 63.5 Å². The molecule has 0 bridgehead atoms. The van der Waals surface area contributed by atoms with Gasteiger partial charge in [0.2, 0.25) is 11.8 Å². The fraction of sp³-hybridized carbons (Fsp3) is 0.357. The van der Waals surface area contributed by atoms with Crippen LogP contribution in [0.25, 0.3) is 11.0 Å². The first kappa shape index (κ1) is 26.1. The van der Waals surface area contributed by atoms with Gasteiger partial charge in [-0.15, -0.1) is 0 Å². The summed E-state index contributed by atoms with van der Waals surface area (Å²) in [4.78, 5) is 55.8. The maximum absolute atomic E-state index is 12.8. The number of aromatic hydroxyl groups is 1. The lowest BCUT2D eigenvalue weighted by Crippen LogP contribution is -2.51. The number of amides is 3.